The molecule has 4 rings (SSSR count). The maximum Gasteiger partial charge on any atom is 0.220 e. The average Bonchev–Trinajstić information content (AvgIpc) is 2.94. The van der Waals surface area contributed by atoms with Crippen LogP contribution in [0, 0.1) is 5.92 Å². The highest BCUT2D eigenvalue weighted by atomic mass is 16.6. The highest BCUT2D eigenvalue weighted by Crippen LogP contribution is 2.33. The van der Waals surface area contributed by atoms with Crippen molar-refractivity contribution in [3.8, 4) is 23.0 Å². The minimum atomic E-state index is -0.843. The first-order valence-electron chi connectivity index (χ1n) is 13.9. The number of piperidine rings is 1. The largest absolute Gasteiger partial charge is 0.497 e. The SMILES string of the molecule is COc1ccc(OCCCCCC(=O)N[C@H](CN2CCCC(C)C2)[C@H](O)c2ccc3c(c2)OCCO3)cc1. The Hall–Kier alpha value is -2.97. The molecule has 0 aliphatic carbocycles. The van der Waals surface area contributed by atoms with E-state index >= 15 is 0 Å². The topological polar surface area (TPSA) is 89.5 Å². The standard InChI is InChI=1S/C30H42N2O6/c1-22-7-6-15-32(20-22)21-26(30(34)23-9-14-27-28(19-23)38-18-17-37-27)31-29(33)8-4-3-5-16-36-25-12-10-24(35-2)11-13-25/h9-14,19,22,26,30,34H,3-8,15-18,20-21H2,1-2H3,(H,31,33)/t22?,26-,30-/m1/s1. The Balaban J connectivity index is 1.27. The van der Waals surface area contributed by atoms with Crippen LogP contribution in [-0.4, -0.2) is 68.5 Å². The van der Waals surface area contributed by atoms with E-state index in [2.05, 4.69) is 17.1 Å². The molecule has 8 nitrogen and oxygen atoms in total. The first kappa shape index (κ1) is 28.0. The zero-order valence-corrected chi connectivity index (χ0v) is 22.7. The number of nitrogens with zero attached hydrogens (tertiary/aromatic N) is 1. The molecule has 1 amide bonds. The fraction of sp³-hybridized carbons (Fsp3) is 0.567. The van der Waals surface area contributed by atoms with Crippen LogP contribution in [0.3, 0.4) is 0 Å². The van der Waals surface area contributed by atoms with Gasteiger partial charge in [0.1, 0.15) is 30.8 Å². The highest BCUT2D eigenvalue weighted by Gasteiger charge is 2.28. The van der Waals surface area contributed by atoms with Crippen LogP contribution in [0.15, 0.2) is 42.5 Å². The Kier molecular flexibility index (Phi) is 10.5. The predicted octanol–water partition coefficient (Wildman–Crippen LogP) is 4.36. The lowest BCUT2D eigenvalue weighted by Gasteiger charge is -2.35. The minimum absolute atomic E-state index is 0.0345. The Labute approximate surface area is 226 Å². The molecule has 0 aromatic heterocycles. The molecule has 2 aliphatic rings. The van der Waals surface area contributed by atoms with E-state index < -0.39 is 12.1 Å². The number of fused-ring (bicyclic) bond motifs is 1. The number of hydrogen-bond donors (Lipinski definition) is 2. The number of hydrogen-bond acceptors (Lipinski definition) is 7. The van der Waals surface area contributed by atoms with Crippen LogP contribution in [0.4, 0.5) is 0 Å². The number of carbonyl (C=O) groups excluding carboxylic acids is 1. The Morgan fingerprint density at radius 2 is 1.84 bits per heavy atom. The van der Waals surface area contributed by atoms with Gasteiger partial charge in [0.05, 0.1) is 19.8 Å². The van der Waals surface area contributed by atoms with E-state index in [9.17, 15) is 9.90 Å². The number of nitrogens with one attached hydrogen (secondary N) is 1. The van der Waals surface area contributed by atoms with Gasteiger partial charge in [0.25, 0.3) is 0 Å². The summed E-state index contributed by atoms with van der Waals surface area (Å²) in [7, 11) is 1.64. The zero-order chi connectivity index (χ0) is 26.7. The van der Waals surface area contributed by atoms with Gasteiger partial charge in [-0.3, -0.25) is 4.79 Å². The van der Waals surface area contributed by atoms with E-state index in [-0.39, 0.29) is 5.91 Å². The second kappa shape index (κ2) is 14.3. The third kappa shape index (κ3) is 8.27. The molecule has 0 bridgehead atoms. The van der Waals surface area contributed by atoms with Crippen molar-refractivity contribution in [1.29, 1.82) is 0 Å². The molecule has 8 heteroatoms. The van der Waals surface area contributed by atoms with Crippen LogP contribution in [0.5, 0.6) is 23.0 Å². The van der Waals surface area contributed by atoms with Crippen LogP contribution >= 0.6 is 0 Å². The fourth-order valence-corrected chi connectivity index (χ4v) is 5.14. The van der Waals surface area contributed by atoms with Crippen LogP contribution in [0.2, 0.25) is 0 Å². The van der Waals surface area contributed by atoms with Gasteiger partial charge in [-0.2, -0.15) is 0 Å². The van der Waals surface area contributed by atoms with Gasteiger partial charge in [-0.05, 0) is 86.5 Å². The van der Waals surface area contributed by atoms with Gasteiger partial charge in [0.2, 0.25) is 5.91 Å². The Morgan fingerprint density at radius 1 is 1.08 bits per heavy atom. The van der Waals surface area contributed by atoms with Crippen LogP contribution in [-0.2, 0) is 4.79 Å². The number of carbonyl (C=O) groups is 1. The summed E-state index contributed by atoms with van der Waals surface area (Å²) in [5, 5.41) is 14.5. The maximum atomic E-state index is 12.9. The summed E-state index contributed by atoms with van der Waals surface area (Å²) in [6.07, 6.45) is 4.47. The molecule has 2 heterocycles. The summed E-state index contributed by atoms with van der Waals surface area (Å²) >= 11 is 0. The van der Waals surface area contributed by atoms with E-state index in [1.54, 1.807) is 7.11 Å². The number of aliphatic hydroxyl groups excluding tert-OH is 1. The van der Waals surface area contributed by atoms with Gasteiger partial charge in [-0.15, -0.1) is 0 Å². The third-order valence-corrected chi connectivity index (χ3v) is 7.21. The Morgan fingerprint density at radius 3 is 2.61 bits per heavy atom. The number of benzene rings is 2. The van der Waals surface area contributed by atoms with Gasteiger partial charge in [-0.25, -0.2) is 0 Å². The van der Waals surface area contributed by atoms with Crippen molar-refractivity contribution in [2.24, 2.45) is 5.92 Å². The number of aliphatic hydroxyl groups is 1. The predicted molar refractivity (Wildman–Crippen MR) is 146 cm³/mol. The zero-order valence-electron chi connectivity index (χ0n) is 22.7. The van der Waals surface area contributed by atoms with Crippen molar-refractivity contribution in [2.45, 2.75) is 57.6 Å². The minimum Gasteiger partial charge on any atom is -0.497 e. The van der Waals surface area contributed by atoms with Gasteiger partial charge < -0.3 is 34.3 Å². The third-order valence-electron chi connectivity index (χ3n) is 7.21. The lowest BCUT2D eigenvalue weighted by molar-refractivity contribution is -0.123. The first-order chi connectivity index (χ1) is 18.5. The molecule has 38 heavy (non-hydrogen) atoms. The molecule has 1 saturated heterocycles. The number of likely N-dealkylation sites (tertiary alicyclic amines) is 1. The van der Waals surface area contributed by atoms with Crippen molar-refractivity contribution >= 4 is 5.91 Å². The van der Waals surface area contributed by atoms with Crippen molar-refractivity contribution in [2.75, 3.05) is 46.6 Å². The van der Waals surface area contributed by atoms with Gasteiger partial charge in [-0.1, -0.05) is 13.0 Å². The average molecular weight is 527 g/mol. The molecular formula is C30H42N2O6. The van der Waals surface area contributed by atoms with E-state index in [0.29, 0.717) is 50.2 Å². The number of amides is 1. The van der Waals surface area contributed by atoms with Crippen LogP contribution in [0.25, 0.3) is 0 Å². The van der Waals surface area contributed by atoms with E-state index in [0.717, 1.165) is 55.8 Å². The number of methoxy groups -OCH3 is 1. The van der Waals surface area contributed by atoms with E-state index in [4.69, 9.17) is 18.9 Å². The maximum absolute atomic E-state index is 12.9. The van der Waals surface area contributed by atoms with Gasteiger partial charge >= 0.3 is 0 Å². The van der Waals surface area contributed by atoms with Crippen LogP contribution in [0.1, 0.15) is 57.1 Å². The molecule has 1 fully saturated rings. The number of unbranched alkanes of at least 4 members (excludes halogenated alkanes) is 2. The summed E-state index contributed by atoms with van der Waals surface area (Å²) in [4.78, 5) is 15.3. The Bertz CT molecular complexity index is 1010. The van der Waals surface area contributed by atoms with Crippen molar-refractivity contribution in [3.05, 3.63) is 48.0 Å². The van der Waals surface area contributed by atoms with Gasteiger partial charge in [0, 0.05) is 19.5 Å². The quantitative estimate of drug-likeness (QED) is 0.375. The molecule has 2 aromatic rings. The molecule has 3 atom stereocenters. The second-order valence-corrected chi connectivity index (χ2v) is 10.4. The van der Waals surface area contributed by atoms with E-state index in [1.165, 1.54) is 6.42 Å². The van der Waals surface area contributed by atoms with Crippen molar-refractivity contribution in [3.63, 3.8) is 0 Å². The number of ether oxygens (including phenoxy) is 4. The van der Waals surface area contributed by atoms with Gasteiger partial charge in [0.15, 0.2) is 11.5 Å². The summed E-state index contributed by atoms with van der Waals surface area (Å²) in [5.41, 5.74) is 0.722. The summed E-state index contributed by atoms with van der Waals surface area (Å²) in [6.45, 7) is 6.45. The van der Waals surface area contributed by atoms with Crippen LogP contribution < -0.4 is 24.3 Å². The van der Waals surface area contributed by atoms with E-state index in [1.807, 2.05) is 42.5 Å². The lowest BCUT2D eigenvalue weighted by Crippen LogP contribution is -2.49. The molecule has 0 saturated carbocycles. The smallest absolute Gasteiger partial charge is 0.220 e. The lowest BCUT2D eigenvalue weighted by atomic mass is 9.97. The first-order valence-corrected chi connectivity index (χ1v) is 13.9. The summed E-state index contributed by atoms with van der Waals surface area (Å²) in [5.74, 6) is 3.52. The van der Waals surface area contributed by atoms with Crippen molar-refractivity contribution in [1.82, 2.24) is 10.2 Å². The monoisotopic (exact) mass is 526 g/mol. The summed E-state index contributed by atoms with van der Waals surface area (Å²) < 4.78 is 22.3. The molecule has 2 aromatic carbocycles. The molecular weight excluding hydrogens is 484 g/mol. The normalized spacial score (nSPS) is 18.9. The molecule has 2 aliphatic heterocycles. The molecule has 0 radical (unpaired) electrons. The fourth-order valence-electron chi connectivity index (χ4n) is 5.14. The second-order valence-electron chi connectivity index (χ2n) is 10.4. The summed E-state index contributed by atoms with van der Waals surface area (Å²) in [6, 6.07) is 12.7. The molecule has 2 N–H and O–H groups in total. The molecule has 1 unspecified atom stereocenters. The molecule has 208 valence electrons. The molecule has 0 spiro atoms. The number of rotatable bonds is 13. The van der Waals surface area contributed by atoms with Crippen molar-refractivity contribution < 1.29 is 28.8 Å². The highest BCUT2D eigenvalue weighted by molar-refractivity contribution is 5.76.